The molecule has 0 aromatic heterocycles. The van der Waals surface area contributed by atoms with Crippen LogP contribution in [0.5, 0.6) is 23.0 Å². The SMILES string of the molecule is COc1cc(/C=N\NC(=O)COc2ccc(C3SCCS3)cc2)cc(OC)c1O. The number of carbonyl (C=O) groups is 1. The predicted octanol–water partition coefficient (Wildman–Crippen LogP) is 3.42. The predicted molar refractivity (Wildman–Crippen MR) is 117 cm³/mol. The van der Waals surface area contributed by atoms with Crippen LogP contribution < -0.4 is 19.6 Å². The van der Waals surface area contributed by atoms with Crippen LogP contribution in [0.2, 0.25) is 0 Å². The van der Waals surface area contributed by atoms with E-state index in [0.717, 1.165) is 0 Å². The molecule has 29 heavy (non-hydrogen) atoms. The van der Waals surface area contributed by atoms with E-state index in [1.807, 2.05) is 47.8 Å². The first-order chi connectivity index (χ1) is 14.1. The summed E-state index contributed by atoms with van der Waals surface area (Å²) in [5.41, 5.74) is 4.26. The lowest BCUT2D eigenvalue weighted by Gasteiger charge is -2.10. The highest BCUT2D eigenvalue weighted by Gasteiger charge is 2.18. The number of methoxy groups -OCH3 is 2. The van der Waals surface area contributed by atoms with Crippen LogP contribution in [0.4, 0.5) is 0 Å². The molecule has 2 aromatic rings. The number of benzene rings is 2. The molecule has 154 valence electrons. The number of nitrogens with zero attached hydrogens (tertiary/aromatic N) is 1. The van der Waals surface area contributed by atoms with Gasteiger partial charge < -0.3 is 19.3 Å². The van der Waals surface area contributed by atoms with E-state index in [1.165, 1.54) is 37.5 Å². The molecule has 0 unspecified atom stereocenters. The summed E-state index contributed by atoms with van der Waals surface area (Å²) in [6.07, 6.45) is 1.42. The van der Waals surface area contributed by atoms with Crippen molar-refractivity contribution in [1.29, 1.82) is 0 Å². The van der Waals surface area contributed by atoms with E-state index in [9.17, 15) is 9.90 Å². The van der Waals surface area contributed by atoms with Crippen LogP contribution in [0.3, 0.4) is 0 Å². The molecule has 0 saturated carbocycles. The van der Waals surface area contributed by atoms with Crippen LogP contribution in [0.15, 0.2) is 41.5 Å². The van der Waals surface area contributed by atoms with E-state index in [-0.39, 0.29) is 29.8 Å². The van der Waals surface area contributed by atoms with Gasteiger partial charge in [-0.05, 0) is 29.8 Å². The molecular weight excluding hydrogens is 412 g/mol. The van der Waals surface area contributed by atoms with Crippen LogP contribution in [0.25, 0.3) is 0 Å². The molecule has 0 spiro atoms. The first kappa shape index (κ1) is 21.2. The van der Waals surface area contributed by atoms with Crippen molar-refractivity contribution in [2.45, 2.75) is 4.58 Å². The number of phenolic OH excluding ortho intramolecular Hbond substituents is 1. The van der Waals surface area contributed by atoms with Crippen molar-refractivity contribution in [1.82, 2.24) is 5.43 Å². The number of hydrogen-bond acceptors (Lipinski definition) is 8. The molecule has 9 heteroatoms. The summed E-state index contributed by atoms with van der Waals surface area (Å²) in [4.78, 5) is 11.9. The molecule has 0 radical (unpaired) electrons. The molecule has 2 N–H and O–H groups in total. The van der Waals surface area contributed by atoms with Gasteiger partial charge in [-0.3, -0.25) is 4.79 Å². The summed E-state index contributed by atoms with van der Waals surface area (Å²) in [5, 5.41) is 13.8. The quantitative estimate of drug-likeness (QED) is 0.486. The summed E-state index contributed by atoms with van der Waals surface area (Å²) >= 11 is 3.89. The van der Waals surface area contributed by atoms with Crippen molar-refractivity contribution in [3.8, 4) is 23.0 Å². The van der Waals surface area contributed by atoms with E-state index in [1.54, 1.807) is 12.1 Å². The van der Waals surface area contributed by atoms with Crippen molar-refractivity contribution >= 4 is 35.6 Å². The average Bonchev–Trinajstić information content (AvgIpc) is 3.28. The van der Waals surface area contributed by atoms with Crippen LogP contribution in [0.1, 0.15) is 15.7 Å². The minimum absolute atomic E-state index is 0.0966. The monoisotopic (exact) mass is 434 g/mol. The summed E-state index contributed by atoms with van der Waals surface area (Å²) < 4.78 is 16.2. The van der Waals surface area contributed by atoms with Gasteiger partial charge in [0.25, 0.3) is 5.91 Å². The van der Waals surface area contributed by atoms with E-state index in [4.69, 9.17) is 14.2 Å². The molecule has 0 aliphatic carbocycles. The second-order valence-electron chi connectivity index (χ2n) is 6.00. The number of hydrazone groups is 1. The fraction of sp³-hybridized carbons (Fsp3) is 0.300. The first-order valence-corrected chi connectivity index (χ1v) is 10.9. The number of nitrogens with one attached hydrogen (secondary N) is 1. The van der Waals surface area contributed by atoms with E-state index < -0.39 is 0 Å². The number of amides is 1. The third-order valence-electron chi connectivity index (χ3n) is 4.05. The van der Waals surface area contributed by atoms with Gasteiger partial charge in [0, 0.05) is 17.1 Å². The van der Waals surface area contributed by atoms with Crippen molar-refractivity contribution in [3.63, 3.8) is 0 Å². The minimum atomic E-state index is -0.384. The van der Waals surface area contributed by atoms with E-state index >= 15 is 0 Å². The second-order valence-corrected chi connectivity index (χ2v) is 8.72. The zero-order valence-electron chi connectivity index (χ0n) is 16.1. The Balaban J connectivity index is 1.49. The number of aromatic hydroxyl groups is 1. The smallest absolute Gasteiger partial charge is 0.277 e. The van der Waals surface area contributed by atoms with Gasteiger partial charge in [-0.1, -0.05) is 12.1 Å². The highest BCUT2D eigenvalue weighted by Crippen LogP contribution is 2.45. The van der Waals surface area contributed by atoms with Gasteiger partial charge in [0.15, 0.2) is 18.1 Å². The second kappa shape index (κ2) is 10.3. The van der Waals surface area contributed by atoms with Gasteiger partial charge >= 0.3 is 0 Å². The number of thioether (sulfide) groups is 2. The summed E-state index contributed by atoms with van der Waals surface area (Å²) in [6, 6.07) is 11.0. The topological polar surface area (TPSA) is 89.4 Å². The Bertz CT molecular complexity index is 843. The van der Waals surface area contributed by atoms with E-state index in [2.05, 4.69) is 10.5 Å². The average molecular weight is 435 g/mol. The lowest BCUT2D eigenvalue weighted by atomic mass is 10.2. The lowest BCUT2D eigenvalue weighted by molar-refractivity contribution is -0.123. The molecular formula is C20H22N2O5S2. The summed E-state index contributed by atoms with van der Waals surface area (Å²) in [6.45, 7) is -0.147. The molecule has 1 amide bonds. The maximum absolute atomic E-state index is 11.9. The molecule has 2 aromatic carbocycles. The number of hydrogen-bond donors (Lipinski definition) is 2. The third-order valence-corrected chi connectivity index (χ3v) is 7.15. The number of ether oxygens (including phenoxy) is 3. The van der Waals surface area contributed by atoms with Gasteiger partial charge in [0.2, 0.25) is 5.75 Å². The molecule has 0 bridgehead atoms. The third kappa shape index (κ3) is 5.74. The number of phenols is 1. The Kier molecular flexibility index (Phi) is 7.54. The molecule has 1 fully saturated rings. The Labute approximate surface area is 177 Å². The van der Waals surface area contributed by atoms with Crippen molar-refractivity contribution in [3.05, 3.63) is 47.5 Å². The number of carbonyl (C=O) groups excluding carboxylic acids is 1. The maximum atomic E-state index is 11.9. The van der Waals surface area contributed by atoms with Gasteiger partial charge in [-0.25, -0.2) is 5.43 Å². The minimum Gasteiger partial charge on any atom is -0.502 e. The lowest BCUT2D eigenvalue weighted by Crippen LogP contribution is -2.24. The zero-order valence-corrected chi connectivity index (χ0v) is 17.7. The normalized spacial score (nSPS) is 14.1. The summed E-state index contributed by atoms with van der Waals surface area (Å²) in [5.74, 6) is 3.01. The van der Waals surface area contributed by atoms with Crippen molar-refractivity contribution < 1.29 is 24.1 Å². The van der Waals surface area contributed by atoms with E-state index in [0.29, 0.717) is 15.9 Å². The van der Waals surface area contributed by atoms with Gasteiger partial charge in [-0.2, -0.15) is 5.10 Å². The largest absolute Gasteiger partial charge is 0.502 e. The van der Waals surface area contributed by atoms with Gasteiger partial charge in [-0.15, -0.1) is 23.5 Å². The maximum Gasteiger partial charge on any atom is 0.277 e. The molecule has 1 aliphatic rings. The molecule has 3 rings (SSSR count). The summed E-state index contributed by atoms with van der Waals surface area (Å²) in [7, 11) is 2.87. The molecule has 1 heterocycles. The highest BCUT2D eigenvalue weighted by atomic mass is 32.2. The standard InChI is InChI=1S/C20H22N2O5S2/c1-25-16-9-13(10-17(26-2)19(16)24)11-21-22-18(23)12-27-15-5-3-14(4-6-15)20-28-7-8-29-20/h3-6,9-11,20,24H,7-8,12H2,1-2H3,(H,22,23)/b21-11-. The Morgan fingerprint density at radius 2 is 1.79 bits per heavy atom. The van der Waals surface area contributed by atoms with Gasteiger partial charge in [0.05, 0.1) is 25.0 Å². The first-order valence-electron chi connectivity index (χ1n) is 8.83. The molecule has 7 nitrogen and oxygen atoms in total. The number of rotatable bonds is 8. The molecule has 1 aliphatic heterocycles. The van der Waals surface area contributed by atoms with Crippen LogP contribution >= 0.6 is 23.5 Å². The molecule has 1 saturated heterocycles. The Morgan fingerprint density at radius 1 is 1.17 bits per heavy atom. The zero-order chi connectivity index (χ0) is 20.6. The van der Waals surface area contributed by atoms with Crippen LogP contribution in [0, 0.1) is 0 Å². The molecule has 0 atom stereocenters. The highest BCUT2D eigenvalue weighted by molar-refractivity contribution is 8.19. The fourth-order valence-corrected chi connectivity index (χ4v) is 5.48. The Hall–Kier alpha value is -2.52. The van der Waals surface area contributed by atoms with Gasteiger partial charge in [0.1, 0.15) is 5.75 Å². The van der Waals surface area contributed by atoms with Crippen molar-refractivity contribution in [2.24, 2.45) is 5.10 Å². The fourth-order valence-electron chi connectivity index (χ4n) is 2.62. The van der Waals surface area contributed by atoms with Crippen LogP contribution in [-0.4, -0.2) is 49.6 Å². The van der Waals surface area contributed by atoms with Crippen molar-refractivity contribution in [2.75, 3.05) is 32.3 Å². The van der Waals surface area contributed by atoms with Crippen LogP contribution in [-0.2, 0) is 4.79 Å². The Morgan fingerprint density at radius 3 is 2.38 bits per heavy atom.